The van der Waals surface area contributed by atoms with Crippen LogP contribution in [0.15, 0.2) is 30.3 Å². The molecule has 0 saturated carbocycles. The van der Waals surface area contributed by atoms with Crippen LogP contribution in [0, 0.1) is 13.0 Å². The standard InChI is InChI=1S/C8H17.C6H5/c1-3-5-7-8-6-4-2;1-2-4-6-5-3-1/h1,3-8H2,2H3;1-5H. The monoisotopic (exact) mass is 190 g/mol. The summed E-state index contributed by atoms with van der Waals surface area (Å²) in [5, 5.41) is 0. The molecule has 0 unspecified atom stereocenters. The summed E-state index contributed by atoms with van der Waals surface area (Å²) in [5.41, 5.74) is 0. The van der Waals surface area contributed by atoms with E-state index in [0.717, 1.165) is 6.42 Å². The fourth-order valence-electron chi connectivity index (χ4n) is 1.12. The first-order valence-electron chi connectivity index (χ1n) is 5.62. The van der Waals surface area contributed by atoms with Gasteiger partial charge < -0.3 is 0 Å². The maximum absolute atomic E-state index is 3.78. The van der Waals surface area contributed by atoms with Crippen LogP contribution in [-0.4, -0.2) is 0 Å². The number of unbranched alkanes of at least 4 members (excludes halogenated alkanes) is 5. The van der Waals surface area contributed by atoms with Crippen molar-refractivity contribution >= 4 is 0 Å². The summed E-state index contributed by atoms with van der Waals surface area (Å²) >= 11 is 0. The molecule has 0 amide bonds. The van der Waals surface area contributed by atoms with Crippen LogP contribution >= 0.6 is 0 Å². The average Bonchev–Trinajstić information content (AvgIpc) is 2.28. The van der Waals surface area contributed by atoms with Crippen molar-refractivity contribution in [1.29, 1.82) is 0 Å². The first-order valence-corrected chi connectivity index (χ1v) is 5.62. The SMILES string of the molecule is [CH2]CCCCCCC.[c]1ccccc1. The van der Waals surface area contributed by atoms with E-state index < -0.39 is 0 Å². The van der Waals surface area contributed by atoms with Gasteiger partial charge >= 0.3 is 0 Å². The fourth-order valence-corrected chi connectivity index (χ4v) is 1.12. The fraction of sp³-hybridized carbons (Fsp3) is 0.500. The molecule has 0 atom stereocenters. The van der Waals surface area contributed by atoms with Gasteiger partial charge in [-0.25, -0.2) is 0 Å². The second kappa shape index (κ2) is 12.2. The molecule has 1 aromatic rings. The minimum absolute atomic E-state index is 1.11. The van der Waals surface area contributed by atoms with Gasteiger partial charge in [-0.1, -0.05) is 82.7 Å². The molecule has 0 bridgehead atoms. The highest BCUT2D eigenvalue weighted by Gasteiger charge is 1.83. The molecule has 0 N–H and O–H groups in total. The van der Waals surface area contributed by atoms with Crippen LogP contribution in [0.2, 0.25) is 0 Å². The molecule has 78 valence electrons. The van der Waals surface area contributed by atoms with Gasteiger partial charge in [-0.05, 0) is 6.07 Å². The van der Waals surface area contributed by atoms with E-state index >= 15 is 0 Å². The summed E-state index contributed by atoms with van der Waals surface area (Å²) in [4.78, 5) is 0. The topological polar surface area (TPSA) is 0 Å². The zero-order valence-corrected chi connectivity index (χ0v) is 9.34. The third-order valence-electron chi connectivity index (χ3n) is 1.96. The van der Waals surface area contributed by atoms with Crippen molar-refractivity contribution in [3.63, 3.8) is 0 Å². The molecule has 1 rings (SSSR count). The van der Waals surface area contributed by atoms with Gasteiger partial charge in [0.1, 0.15) is 0 Å². The molecule has 0 aliphatic carbocycles. The highest BCUT2D eigenvalue weighted by Crippen LogP contribution is 2.03. The summed E-state index contributed by atoms with van der Waals surface area (Å²) in [5.74, 6) is 0. The Morgan fingerprint density at radius 1 is 0.929 bits per heavy atom. The molecule has 14 heavy (non-hydrogen) atoms. The van der Waals surface area contributed by atoms with Crippen molar-refractivity contribution in [3.05, 3.63) is 43.3 Å². The Hall–Kier alpha value is -0.780. The lowest BCUT2D eigenvalue weighted by Gasteiger charge is -1.93. The van der Waals surface area contributed by atoms with E-state index in [0.29, 0.717) is 0 Å². The molecule has 0 aromatic heterocycles. The van der Waals surface area contributed by atoms with E-state index in [1.54, 1.807) is 0 Å². The van der Waals surface area contributed by atoms with E-state index in [2.05, 4.69) is 19.9 Å². The number of rotatable bonds is 5. The van der Waals surface area contributed by atoms with Crippen LogP contribution < -0.4 is 0 Å². The van der Waals surface area contributed by atoms with Crippen LogP contribution in [-0.2, 0) is 0 Å². The molecule has 0 heteroatoms. The van der Waals surface area contributed by atoms with Gasteiger partial charge in [0, 0.05) is 0 Å². The predicted molar refractivity (Wildman–Crippen MR) is 64.0 cm³/mol. The summed E-state index contributed by atoms with van der Waals surface area (Å²) < 4.78 is 0. The molecular weight excluding hydrogens is 168 g/mol. The van der Waals surface area contributed by atoms with Crippen molar-refractivity contribution in [2.45, 2.75) is 45.4 Å². The Kier molecular flexibility index (Phi) is 11.5. The van der Waals surface area contributed by atoms with Crippen molar-refractivity contribution < 1.29 is 0 Å². The molecule has 1 aromatic carbocycles. The number of benzene rings is 1. The van der Waals surface area contributed by atoms with Gasteiger partial charge in [-0.15, -0.1) is 0 Å². The lowest BCUT2D eigenvalue weighted by atomic mass is 10.1. The predicted octanol–water partition coefficient (Wildman–Crippen LogP) is 4.67. The normalized spacial score (nSPS) is 9.00. The smallest absolute Gasteiger partial charge is 0.0184 e. The van der Waals surface area contributed by atoms with Crippen LogP contribution in [0.25, 0.3) is 0 Å². The quantitative estimate of drug-likeness (QED) is 0.592. The van der Waals surface area contributed by atoms with E-state index in [-0.39, 0.29) is 0 Å². The molecule has 0 heterocycles. The van der Waals surface area contributed by atoms with Crippen LogP contribution in [0.4, 0.5) is 0 Å². The van der Waals surface area contributed by atoms with Gasteiger partial charge in [0.25, 0.3) is 0 Å². The zero-order valence-electron chi connectivity index (χ0n) is 9.34. The van der Waals surface area contributed by atoms with E-state index in [1.165, 1.54) is 32.1 Å². The highest BCUT2D eigenvalue weighted by molar-refractivity contribution is 4.97. The Morgan fingerprint density at radius 2 is 1.57 bits per heavy atom. The van der Waals surface area contributed by atoms with Crippen LogP contribution in [0.1, 0.15) is 45.4 Å². The van der Waals surface area contributed by atoms with Crippen molar-refractivity contribution in [2.24, 2.45) is 0 Å². The van der Waals surface area contributed by atoms with Gasteiger partial charge in [-0.2, -0.15) is 0 Å². The van der Waals surface area contributed by atoms with Crippen LogP contribution in [0.3, 0.4) is 0 Å². The summed E-state index contributed by atoms with van der Waals surface area (Å²) in [7, 11) is 0. The minimum atomic E-state index is 1.11. The second-order valence-corrected chi connectivity index (χ2v) is 3.35. The molecular formula is C14H22. The van der Waals surface area contributed by atoms with Crippen molar-refractivity contribution in [2.75, 3.05) is 0 Å². The molecule has 0 fully saturated rings. The Bertz CT molecular complexity index is 134. The van der Waals surface area contributed by atoms with E-state index in [4.69, 9.17) is 0 Å². The summed E-state index contributed by atoms with van der Waals surface area (Å²) in [6.45, 7) is 6.02. The number of hydrogen-bond donors (Lipinski definition) is 0. The largest absolute Gasteiger partial charge is 0.0654 e. The van der Waals surface area contributed by atoms with Gasteiger partial charge in [0.2, 0.25) is 0 Å². The maximum Gasteiger partial charge on any atom is -0.0184 e. The summed E-state index contributed by atoms with van der Waals surface area (Å²) in [6, 6.07) is 12.5. The second-order valence-electron chi connectivity index (χ2n) is 3.35. The minimum Gasteiger partial charge on any atom is -0.0654 e. The van der Waals surface area contributed by atoms with Gasteiger partial charge in [0.15, 0.2) is 0 Å². The first-order chi connectivity index (χ1) is 6.91. The van der Waals surface area contributed by atoms with Gasteiger partial charge in [0.05, 0.1) is 0 Å². The van der Waals surface area contributed by atoms with Crippen molar-refractivity contribution in [3.8, 4) is 0 Å². The molecule has 0 spiro atoms. The van der Waals surface area contributed by atoms with E-state index in [9.17, 15) is 0 Å². The first kappa shape index (κ1) is 13.2. The molecule has 0 saturated heterocycles. The molecule has 0 aliphatic heterocycles. The highest BCUT2D eigenvalue weighted by atomic mass is 13.9. The molecule has 2 radical (unpaired) electrons. The third kappa shape index (κ3) is 11.2. The third-order valence-corrected chi connectivity index (χ3v) is 1.96. The Morgan fingerprint density at radius 3 is 1.93 bits per heavy atom. The average molecular weight is 190 g/mol. The Balaban J connectivity index is 0.000000249. The van der Waals surface area contributed by atoms with Crippen LogP contribution in [0.5, 0.6) is 0 Å². The summed E-state index contributed by atoms with van der Waals surface area (Å²) in [6.07, 6.45) is 7.98. The zero-order chi connectivity index (χ0) is 10.5. The van der Waals surface area contributed by atoms with Gasteiger partial charge in [-0.3, -0.25) is 0 Å². The lowest BCUT2D eigenvalue weighted by Crippen LogP contribution is -1.74. The van der Waals surface area contributed by atoms with E-state index in [1.807, 2.05) is 30.3 Å². The van der Waals surface area contributed by atoms with Crippen molar-refractivity contribution in [1.82, 2.24) is 0 Å². The maximum atomic E-state index is 3.78. The Labute approximate surface area is 89.4 Å². The molecule has 0 nitrogen and oxygen atoms in total. The molecule has 0 aliphatic rings. The lowest BCUT2D eigenvalue weighted by molar-refractivity contribution is 0.637. The number of hydrogen-bond acceptors (Lipinski definition) is 0.